The van der Waals surface area contributed by atoms with Gasteiger partial charge in [0.2, 0.25) is 0 Å². The van der Waals surface area contributed by atoms with Gasteiger partial charge in [-0.05, 0) is 6.42 Å². The molecule has 0 radical (unpaired) electrons. The summed E-state index contributed by atoms with van der Waals surface area (Å²) in [5, 5.41) is 0. The molecule has 1 aromatic carbocycles. The molecule has 0 amide bonds. The number of hydrogen-bond acceptors (Lipinski definition) is 3. The van der Waals surface area contributed by atoms with Gasteiger partial charge in [-0.15, -0.1) is 0 Å². The van der Waals surface area contributed by atoms with Crippen LogP contribution >= 0.6 is 0 Å². The molecule has 0 spiro atoms. The summed E-state index contributed by atoms with van der Waals surface area (Å²) < 4.78 is 0. The maximum atomic E-state index is 11.8. The van der Waals surface area contributed by atoms with Crippen LogP contribution in [0, 0.1) is 0 Å². The molecular weight excluding hydrogens is 188 g/mol. The number of likely N-dealkylation sites (tertiary alicyclic amines) is 1. The van der Waals surface area contributed by atoms with Gasteiger partial charge in [-0.2, -0.15) is 0 Å². The summed E-state index contributed by atoms with van der Waals surface area (Å²) in [6.45, 7) is 2.29. The van der Waals surface area contributed by atoms with Crippen LogP contribution in [0.4, 0.5) is 0 Å². The van der Waals surface area contributed by atoms with Crippen LogP contribution in [-0.2, 0) is 0 Å². The summed E-state index contributed by atoms with van der Waals surface area (Å²) in [4.78, 5) is 13.9. The van der Waals surface area contributed by atoms with Crippen molar-refractivity contribution >= 4 is 5.78 Å². The van der Waals surface area contributed by atoms with Crippen molar-refractivity contribution in [3.8, 4) is 0 Å². The Hall–Kier alpha value is -1.19. The molecule has 2 rings (SSSR count). The zero-order valence-corrected chi connectivity index (χ0v) is 8.73. The first-order valence-electron chi connectivity index (χ1n) is 5.32. The van der Waals surface area contributed by atoms with E-state index in [2.05, 4.69) is 4.90 Å². The third-order valence-corrected chi connectivity index (χ3v) is 2.77. The van der Waals surface area contributed by atoms with Crippen LogP contribution in [0.15, 0.2) is 30.3 Å². The fraction of sp³-hybridized carbons (Fsp3) is 0.417. The zero-order chi connectivity index (χ0) is 10.7. The second-order valence-electron chi connectivity index (χ2n) is 4.07. The zero-order valence-electron chi connectivity index (χ0n) is 8.73. The monoisotopic (exact) mass is 204 g/mol. The lowest BCUT2D eigenvalue weighted by molar-refractivity contribution is 0.0945. The van der Waals surface area contributed by atoms with Gasteiger partial charge in [0.25, 0.3) is 0 Å². The van der Waals surface area contributed by atoms with E-state index >= 15 is 0 Å². The van der Waals surface area contributed by atoms with Crippen LogP contribution in [0.5, 0.6) is 0 Å². The molecule has 1 aliphatic heterocycles. The minimum absolute atomic E-state index is 0.185. The predicted octanol–water partition coefficient (Wildman–Crippen LogP) is 0.902. The van der Waals surface area contributed by atoms with Crippen LogP contribution in [0.2, 0.25) is 0 Å². The van der Waals surface area contributed by atoms with E-state index in [1.165, 1.54) is 0 Å². The lowest BCUT2D eigenvalue weighted by atomic mass is 10.1. The highest BCUT2D eigenvalue weighted by Gasteiger charge is 2.21. The second kappa shape index (κ2) is 4.55. The Morgan fingerprint density at radius 3 is 2.73 bits per heavy atom. The van der Waals surface area contributed by atoms with Crippen molar-refractivity contribution in [2.45, 2.75) is 12.5 Å². The topological polar surface area (TPSA) is 46.3 Å². The Morgan fingerprint density at radius 1 is 1.40 bits per heavy atom. The van der Waals surface area contributed by atoms with Gasteiger partial charge in [-0.3, -0.25) is 9.69 Å². The molecule has 1 fully saturated rings. The van der Waals surface area contributed by atoms with Crippen LogP contribution < -0.4 is 5.73 Å². The minimum atomic E-state index is 0.185. The van der Waals surface area contributed by atoms with Crippen LogP contribution in [0.25, 0.3) is 0 Å². The Balaban J connectivity index is 1.93. The van der Waals surface area contributed by atoms with E-state index in [1.54, 1.807) is 0 Å². The molecule has 1 aromatic rings. The second-order valence-corrected chi connectivity index (χ2v) is 4.07. The number of rotatable bonds is 3. The molecule has 1 aliphatic rings. The fourth-order valence-electron chi connectivity index (χ4n) is 1.92. The molecule has 0 aromatic heterocycles. The van der Waals surface area contributed by atoms with Gasteiger partial charge in [0, 0.05) is 24.7 Å². The highest BCUT2D eigenvalue weighted by Crippen LogP contribution is 2.08. The number of Topliss-reactive ketones (excluding diaryl/α,β-unsaturated/α-hetero) is 1. The number of benzene rings is 1. The number of nitrogens with zero attached hydrogens (tertiary/aromatic N) is 1. The third-order valence-electron chi connectivity index (χ3n) is 2.77. The molecule has 3 nitrogen and oxygen atoms in total. The quantitative estimate of drug-likeness (QED) is 0.744. The number of carbonyl (C=O) groups excluding carboxylic acids is 1. The lowest BCUT2D eigenvalue weighted by Crippen LogP contribution is -2.30. The molecule has 0 unspecified atom stereocenters. The predicted molar refractivity (Wildman–Crippen MR) is 59.8 cm³/mol. The molecule has 0 aliphatic carbocycles. The van der Waals surface area contributed by atoms with Crippen molar-refractivity contribution in [1.82, 2.24) is 4.90 Å². The first-order chi connectivity index (χ1) is 7.25. The van der Waals surface area contributed by atoms with E-state index in [9.17, 15) is 4.79 Å². The maximum absolute atomic E-state index is 11.8. The summed E-state index contributed by atoms with van der Waals surface area (Å²) in [5.74, 6) is 0.185. The van der Waals surface area contributed by atoms with E-state index in [4.69, 9.17) is 5.73 Å². The molecule has 0 bridgehead atoms. The van der Waals surface area contributed by atoms with Crippen LogP contribution in [-0.4, -0.2) is 36.4 Å². The van der Waals surface area contributed by atoms with Crippen molar-refractivity contribution in [1.29, 1.82) is 0 Å². The summed E-state index contributed by atoms with van der Waals surface area (Å²) in [7, 11) is 0. The number of hydrogen-bond donors (Lipinski definition) is 1. The highest BCUT2D eigenvalue weighted by atomic mass is 16.1. The largest absolute Gasteiger partial charge is 0.326 e. The Kier molecular flexibility index (Phi) is 3.14. The van der Waals surface area contributed by atoms with E-state index in [0.717, 1.165) is 25.1 Å². The van der Waals surface area contributed by atoms with Crippen molar-refractivity contribution in [3.63, 3.8) is 0 Å². The molecule has 0 saturated carbocycles. The summed E-state index contributed by atoms with van der Waals surface area (Å²) >= 11 is 0. The van der Waals surface area contributed by atoms with E-state index in [0.29, 0.717) is 6.54 Å². The Morgan fingerprint density at radius 2 is 2.13 bits per heavy atom. The fourth-order valence-corrected chi connectivity index (χ4v) is 1.92. The van der Waals surface area contributed by atoms with Crippen molar-refractivity contribution < 1.29 is 4.79 Å². The average molecular weight is 204 g/mol. The van der Waals surface area contributed by atoms with Crippen molar-refractivity contribution in [2.75, 3.05) is 19.6 Å². The van der Waals surface area contributed by atoms with Gasteiger partial charge in [0.05, 0.1) is 6.54 Å². The molecule has 80 valence electrons. The number of ketones is 1. The number of nitrogens with two attached hydrogens (primary N) is 1. The van der Waals surface area contributed by atoms with Gasteiger partial charge in [-0.25, -0.2) is 0 Å². The maximum Gasteiger partial charge on any atom is 0.176 e. The highest BCUT2D eigenvalue weighted by molar-refractivity contribution is 5.97. The first-order valence-corrected chi connectivity index (χ1v) is 5.32. The summed E-state index contributed by atoms with van der Waals surface area (Å²) in [6, 6.07) is 9.67. The average Bonchev–Trinajstić information content (AvgIpc) is 2.65. The van der Waals surface area contributed by atoms with Gasteiger partial charge in [-0.1, -0.05) is 30.3 Å². The molecule has 1 heterocycles. The van der Waals surface area contributed by atoms with Crippen molar-refractivity contribution in [2.24, 2.45) is 5.73 Å². The first kappa shape index (κ1) is 10.3. The van der Waals surface area contributed by atoms with E-state index in [-0.39, 0.29) is 11.8 Å². The van der Waals surface area contributed by atoms with E-state index in [1.807, 2.05) is 30.3 Å². The van der Waals surface area contributed by atoms with Crippen LogP contribution in [0.3, 0.4) is 0 Å². The molecule has 1 atom stereocenters. The molecule has 2 N–H and O–H groups in total. The number of carbonyl (C=O) groups is 1. The minimum Gasteiger partial charge on any atom is -0.326 e. The molecular formula is C12H16N2O. The van der Waals surface area contributed by atoms with Gasteiger partial charge < -0.3 is 5.73 Å². The smallest absolute Gasteiger partial charge is 0.176 e. The lowest BCUT2D eigenvalue weighted by Gasteiger charge is -2.13. The van der Waals surface area contributed by atoms with Crippen molar-refractivity contribution in [3.05, 3.63) is 35.9 Å². The normalized spacial score (nSPS) is 21.8. The van der Waals surface area contributed by atoms with Crippen LogP contribution in [0.1, 0.15) is 16.8 Å². The van der Waals surface area contributed by atoms with Gasteiger partial charge >= 0.3 is 0 Å². The summed E-state index contributed by atoms with van der Waals surface area (Å²) in [5.41, 5.74) is 6.58. The van der Waals surface area contributed by atoms with Gasteiger partial charge in [0.1, 0.15) is 0 Å². The Labute approximate surface area is 89.9 Å². The molecule has 1 saturated heterocycles. The molecule has 15 heavy (non-hydrogen) atoms. The third kappa shape index (κ3) is 2.64. The summed E-state index contributed by atoms with van der Waals surface area (Å²) in [6.07, 6.45) is 1.00. The Bertz CT molecular complexity index is 337. The SMILES string of the molecule is N[C@H]1CCN(CC(=O)c2ccccc2)C1. The standard InChI is InChI=1S/C12H16N2O/c13-11-6-7-14(8-11)9-12(15)10-4-2-1-3-5-10/h1-5,11H,6-9,13H2/t11-/m0/s1. The van der Waals surface area contributed by atoms with E-state index < -0.39 is 0 Å². The van der Waals surface area contributed by atoms with Gasteiger partial charge in [0.15, 0.2) is 5.78 Å². The molecule has 3 heteroatoms.